The Kier molecular flexibility index (Phi) is 3.05. The summed E-state index contributed by atoms with van der Waals surface area (Å²) in [6, 6.07) is 6.16. The molecule has 1 aliphatic carbocycles. The van der Waals surface area contributed by atoms with Gasteiger partial charge in [0.1, 0.15) is 11.5 Å². The zero-order chi connectivity index (χ0) is 14.5. The van der Waals surface area contributed by atoms with Crippen LogP contribution in [0.1, 0.15) is 54.8 Å². The molecule has 0 saturated heterocycles. The Morgan fingerprint density at radius 1 is 1.35 bits per heavy atom. The highest BCUT2D eigenvalue weighted by Gasteiger charge is 2.34. The van der Waals surface area contributed by atoms with Crippen molar-refractivity contribution in [2.75, 3.05) is 0 Å². The molecule has 1 N–H and O–H groups in total. The molecule has 3 rings (SSSR count). The summed E-state index contributed by atoms with van der Waals surface area (Å²) < 4.78 is 7.99. The molecule has 3 nitrogen and oxygen atoms in total. The molecule has 1 aliphatic rings. The van der Waals surface area contributed by atoms with E-state index in [1.54, 1.807) is 0 Å². The van der Waals surface area contributed by atoms with Crippen LogP contribution in [0.15, 0.2) is 22.6 Å². The Morgan fingerprint density at radius 3 is 2.75 bits per heavy atom. The van der Waals surface area contributed by atoms with Crippen molar-refractivity contribution in [3.63, 3.8) is 0 Å². The largest absolute Gasteiger partial charge is 0.464 e. The number of fused-ring (bicyclic) bond motifs is 1. The van der Waals surface area contributed by atoms with Crippen molar-refractivity contribution >= 4 is 0 Å². The van der Waals surface area contributed by atoms with Gasteiger partial charge in [0, 0.05) is 17.0 Å². The topological polar surface area (TPSA) is 38.3 Å². The van der Waals surface area contributed by atoms with Gasteiger partial charge in [-0.2, -0.15) is 0 Å². The second-order valence-electron chi connectivity index (χ2n) is 6.85. The van der Waals surface area contributed by atoms with E-state index < -0.39 is 0 Å². The van der Waals surface area contributed by atoms with Gasteiger partial charge in [-0.1, -0.05) is 13.8 Å². The molecule has 1 unspecified atom stereocenters. The van der Waals surface area contributed by atoms with E-state index in [2.05, 4.69) is 31.4 Å². The Hall–Kier alpha value is -1.48. The second kappa shape index (κ2) is 4.52. The third kappa shape index (κ3) is 2.31. The molecular formula is C17H23NO2. The van der Waals surface area contributed by atoms with Crippen LogP contribution in [0.5, 0.6) is 0 Å². The first kappa shape index (κ1) is 13.5. The van der Waals surface area contributed by atoms with Gasteiger partial charge in [-0.3, -0.25) is 0 Å². The molecule has 0 saturated carbocycles. The number of hydrogen-bond donors (Lipinski definition) is 1. The summed E-state index contributed by atoms with van der Waals surface area (Å²) >= 11 is 0. The molecule has 0 spiro atoms. The van der Waals surface area contributed by atoms with Crippen molar-refractivity contribution in [3.8, 4) is 0 Å². The lowest BCUT2D eigenvalue weighted by molar-refractivity contribution is 0.0980. The maximum atomic E-state index is 10.4. The summed E-state index contributed by atoms with van der Waals surface area (Å²) in [7, 11) is 0. The summed E-state index contributed by atoms with van der Waals surface area (Å²) in [6.07, 6.45) is 1.50. The Bertz CT molecular complexity index is 633. The fourth-order valence-corrected chi connectivity index (χ4v) is 3.35. The smallest absolute Gasteiger partial charge is 0.123 e. The number of aliphatic hydroxyl groups is 1. The molecule has 0 radical (unpaired) electrons. The Morgan fingerprint density at radius 2 is 2.10 bits per heavy atom. The molecule has 0 aromatic carbocycles. The lowest BCUT2D eigenvalue weighted by Crippen LogP contribution is -2.27. The summed E-state index contributed by atoms with van der Waals surface area (Å²) in [5.74, 6) is 1.92. The number of rotatable bonds is 2. The van der Waals surface area contributed by atoms with Gasteiger partial charge in [0.05, 0.1) is 12.6 Å². The fraction of sp³-hybridized carbons (Fsp3) is 0.529. The highest BCUT2D eigenvalue weighted by Crippen LogP contribution is 2.42. The van der Waals surface area contributed by atoms with E-state index in [0.717, 1.165) is 36.5 Å². The third-order valence-electron chi connectivity index (χ3n) is 4.31. The van der Waals surface area contributed by atoms with Crippen LogP contribution < -0.4 is 0 Å². The number of aliphatic hydroxyl groups excluding tert-OH is 1. The van der Waals surface area contributed by atoms with Gasteiger partial charge in [-0.15, -0.1) is 0 Å². The minimum absolute atomic E-state index is 0.147. The molecule has 0 amide bonds. The molecule has 2 aromatic heterocycles. The summed E-state index contributed by atoms with van der Waals surface area (Å²) in [5, 5.41) is 10.4. The van der Waals surface area contributed by atoms with Gasteiger partial charge in [-0.25, -0.2) is 0 Å². The molecule has 2 aromatic rings. The van der Waals surface area contributed by atoms with Crippen LogP contribution in [0.3, 0.4) is 0 Å². The maximum absolute atomic E-state index is 10.4. The minimum atomic E-state index is -0.341. The number of nitrogens with zero attached hydrogens (tertiary/aromatic N) is 1. The highest BCUT2D eigenvalue weighted by atomic mass is 16.3. The molecule has 0 fully saturated rings. The normalized spacial score (nSPS) is 20.9. The van der Waals surface area contributed by atoms with E-state index >= 15 is 0 Å². The molecule has 3 heteroatoms. The van der Waals surface area contributed by atoms with E-state index in [-0.39, 0.29) is 11.5 Å². The van der Waals surface area contributed by atoms with E-state index in [9.17, 15) is 5.11 Å². The first-order valence-corrected chi connectivity index (χ1v) is 7.28. The monoisotopic (exact) mass is 273 g/mol. The minimum Gasteiger partial charge on any atom is -0.464 e. The molecule has 1 atom stereocenters. The third-order valence-corrected chi connectivity index (χ3v) is 4.31. The average molecular weight is 273 g/mol. The van der Waals surface area contributed by atoms with Crippen LogP contribution in [-0.2, 0) is 13.0 Å². The van der Waals surface area contributed by atoms with Crippen LogP contribution in [-0.4, -0.2) is 9.67 Å². The van der Waals surface area contributed by atoms with Crippen molar-refractivity contribution < 1.29 is 9.52 Å². The molecule has 20 heavy (non-hydrogen) atoms. The average Bonchev–Trinajstić information content (AvgIpc) is 2.86. The molecule has 2 heterocycles. The van der Waals surface area contributed by atoms with Crippen molar-refractivity contribution in [2.45, 2.75) is 53.2 Å². The SMILES string of the molecule is Cc1ccc(Cn2c(C)cc3c2CC(C)(C)CC3O)o1. The molecular weight excluding hydrogens is 250 g/mol. The maximum Gasteiger partial charge on any atom is 0.123 e. The van der Waals surface area contributed by atoms with Crippen molar-refractivity contribution in [2.24, 2.45) is 5.41 Å². The first-order chi connectivity index (χ1) is 9.35. The van der Waals surface area contributed by atoms with Crippen LogP contribution >= 0.6 is 0 Å². The first-order valence-electron chi connectivity index (χ1n) is 7.28. The van der Waals surface area contributed by atoms with Crippen LogP contribution in [0.2, 0.25) is 0 Å². The van der Waals surface area contributed by atoms with Gasteiger partial charge in [0.15, 0.2) is 0 Å². The number of furan rings is 1. The number of aryl methyl sites for hydroxylation is 2. The van der Waals surface area contributed by atoms with Crippen LogP contribution in [0.25, 0.3) is 0 Å². The summed E-state index contributed by atoms with van der Waals surface area (Å²) in [4.78, 5) is 0. The molecule has 0 aliphatic heterocycles. The summed E-state index contributed by atoms with van der Waals surface area (Å²) in [5.41, 5.74) is 3.71. The quantitative estimate of drug-likeness (QED) is 0.905. The molecule has 108 valence electrons. The van der Waals surface area contributed by atoms with Crippen molar-refractivity contribution in [1.82, 2.24) is 4.57 Å². The van der Waals surface area contributed by atoms with Gasteiger partial charge in [-0.05, 0) is 50.3 Å². The number of hydrogen-bond acceptors (Lipinski definition) is 2. The Labute approximate surface area is 120 Å². The van der Waals surface area contributed by atoms with Crippen LogP contribution in [0.4, 0.5) is 0 Å². The Balaban J connectivity index is 2.00. The number of aromatic nitrogens is 1. The summed E-state index contributed by atoms with van der Waals surface area (Å²) in [6.45, 7) is 9.27. The fourth-order valence-electron chi connectivity index (χ4n) is 3.35. The van der Waals surface area contributed by atoms with Gasteiger partial charge >= 0.3 is 0 Å². The van der Waals surface area contributed by atoms with E-state index in [4.69, 9.17) is 4.42 Å². The van der Waals surface area contributed by atoms with Crippen LogP contribution in [0, 0.1) is 19.3 Å². The van der Waals surface area contributed by atoms with Crippen molar-refractivity contribution in [1.29, 1.82) is 0 Å². The predicted octanol–water partition coefficient (Wildman–Crippen LogP) is 3.75. The van der Waals surface area contributed by atoms with Crippen molar-refractivity contribution in [3.05, 3.63) is 46.7 Å². The lowest BCUT2D eigenvalue weighted by Gasteiger charge is -2.33. The van der Waals surface area contributed by atoms with Gasteiger partial charge in [0.25, 0.3) is 0 Å². The second-order valence-corrected chi connectivity index (χ2v) is 6.85. The van der Waals surface area contributed by atoms with E-state index in [1.165, 1.54) is 11.4 Å². The highest BCUT2D eigenvalue weighted by molar-refractivity contribution is 5.34. The van der Waals surface area contributed by atoms with Gasteiger partial charge in [0.2, 0.25) is 0 Å². The van der Waals surface area contributed by atoms with E-state index in [1.807, 2.05) is 19.1 Å². The zero-order valence-electron chi connectivity index (χ0n) is 12.7. The zero-order valence-corrected chi connectivity index (χ0v) is 12.7. The van der Waals surface area contributed by atoms with E-state index in [0.29, 0.717) is 0 Å². The predicted molar refractivity (Wildman–Crippen MR) is 78.8 cm³/mol. The van der Waals surface area contributed by atoms with Gasteiger partial charge < -0.3 is 14.1 Å². The molecule has 0 bridgehead atoms. The lowest BCUT2D eigenvalue weighted by atomic mass is 9.75. The standard InChI is InChI=1S/C17H23NO2/c1-11-7-14-15(8-17(3,4)9-16(14)19)18(11)10-13-6-5-12(2)20-13/h5-7,16,19H,8-10H2,1-4H3.